The fraction of sp³-hybridized carbons (Fsp3) is 0.444. The third-order valence-corrected chi connectivity index (χ3v) is 2.06. The van der Waals surface area contributed by atoms with E-state index in [-0.39, 0.29) is 16.6 Å². The van der Waals surface area contributed by atoms with Gasteiger partial charge < -0.3 is 10.6 Å². The zero-order valence-corrected chi connectivity index (χ0v) is 10.1. The molecule has 0 spiro atoms. The summed E-state index contributed by atoms with van der Waals surface area (Å²) in [5, 5.41) is 0. The molecule has 0 unspecified atom stereocenters. The van der Waals surface area contributed by atoms with Gasteiger partial charge in [0.25, 0.3) is 0 Å². The molecule has 0 radical (unpaired) electrons. The maximum atomic E-state index is 12.2. The van der Waals surface area contributed by atoms with Crippen LogP contribution in [0.5, 0.6) is 0 Å². The number of aryl methyl sites for hydroxylation is 1. The number of halogens is 3. The molecule has 94 valence electrons. The van der Waals surface area contributed by atoms with Crippen molar-refractivity contribution in [3.63, 3.8) is 0 Å². The lowest BCUT2D eigenvalue weighted by molar-refractivity contribution is -0.119. The summed E-state index contributed by atoms with van der Waals surface area (Å²) in [6.45, 7) is 0.502. The van der Waals surface area contributed by atoms with E-state index in [1.807, 2.05) is 0 Å². The Labute approximate surface area is 102 Å². The molecule has 4 nitrogen and oxygen atoms in total. The van der Waals surface area contributed by atoms with Crippen LogP contribution in [0.2, 0.25) is 0 Å². The summed E-state index contributed by atoms with van der Waals surface area (Å²) in [7, 11) is 1.26. The molecule has 17 heavy (non-hydrogen) atoms. The van der Waals surface area contributed by atoms with Crippen LogP contribution < -0.4 is 10.6 Å². The highest BCUT2D eigenvalue weighted by Gasteiger charge is 2.30. The fourth-order valence-corrected chi connectivity index (χ4v) is 1.29. The zero-order valence-electron chi connectivity index (χ0n) is 9.25. The molecule has 2 N–H and O–H groups in total. The highest BCUT2D eigenvalue weighted by atomic mass is 32.1. The fourth-order valence-electron chi connectivity index (χ4n) is 1.19. The Morgan fingerprint density at radius 3 is 2.53 bits per heavy atom. The van der Waals surface area contributed by atoms with Crippen molar-refractivity contribution in [2.75, 3.05) is 18.5 Å². The first kappa shape index (κ1) is 13.6. The summed E-state index contributed by atoms with van der Waals surface area (Å²) in [4.78, 5) is 8.69. The van der Waals surface area contributed by atoms with Crippen LogP contribution in [0.25, 0.3) is 0 Å². The summed E-state index contributed by atoms with van der Waals surface area (Å²) in [6.07, 6.45) is -4.31. The molecule has 1 rings (SSSR count). The molecule has 0 saturated heterocycles. The highest BCUT2D eigenvalue weighted by molar-refractivity contribution is 7.80. The lowest BCUT2D eigenvalue weighted by Gasteiger charge is -2.19. The van der Waals surface area contributed by atoms with Crippen LogP contribution in [0.3, 0.4) is 0 Å². The molecular formula is C9H11F3N4S. The molecule has 0 aliphatic rings. The predicted molar refractivity (Wildman–Crippen MR) is 62.0 cm³/mol. The Hall–Kier alpha value is -1.44. The smallest absolute Gasteiger partial charge is 0.388 e. The van der Waals surface area contributed by atoms with Crippen molar-refractivity contribution in [2.45, 2.75) is 13.1 Å². The summed E-state index contributed by atoms with van der Waals surface area (Å²) in [6, 6.07) is 1.52. The lowest BCUT2D eigenvalue weighted by Crippen LogP contribution is -2.32. The molecule has 8 heteroatoms. The van der Waals surface area contributed by atoms with Gasteiger partial charge in [-0.2, -0.15) is 13.2 Å². The van der Waals surface area contributed by atoms with E-state index in [2.05, 4.69) is 9.97 Å². The van der Waals surface area contributed by atoms with Crippen LogP contribution in [0, 0.1) is 6.92 Å². The Balaban J connectivity index is 3.01. The van der Waals surface area contributed by atoms with E-state index >= 15 is 0 Å². The number of rotatable bonds is 3. The standard InChI is InChI=1S/C9H11F3N4S/c1-5-3-6(7(13)17)15-8(14-5)16(2)4-9(10,11)12/h3H,4H2,1-2H3,(H2,13,17). The van der Waals surface area contributed by atoms with Crippen molar-refractivity contribution in [3.8, 4) is 0 Å². The maximum Gasteiger partial charge on any atom is 0.406 e. The Morgan fingerprint density at radius 2 is 2.06 bits per heavy atom. The van der Waals surface area contributed by atoms with Gasteiger partial charge in [0.1, 0.15) is 17.2 Å². The molecule has 0 fully saturated rings. The van der Waals surface area contributed by atoms with Crippen LogP contribution in [0.4, 0.5) is 19.1 Å². The van der Waals surface area contributed by atoms with Crippen molar-refractivity contribution in [3.05, 3.63) is 17.5 Å². The van der Waals surface area contributed by atoms with Crippen molar-refractivity contribution < 1.29 is 13.2 Å². The van der Waals surface area contributed by atoms with Crippen LogP contribution in [0.15, 0.2) is 6.07 Å². The van der Waals surface area contributed by atoms with Gasteiger partial charge in [0, 0.05) is 12.7 Å². The van der Waals surface area contributed by atoms with Gasteiger partial charge >= 0.3 is 6.18 Å². The van der Waals surface area contributed by atoms with Crippen LogP contribution in [-0.2, 0) is 0 Å². The Morgan fingerprint density at radius 1 is 1.47 bits per heavy atom. The Bertz CT molecular complexity index is 433. The molecular weight excluding hydrogens is 253 g/mol. The van der Waals surface area contributed by atoms with Crippen molar-refractivity contribution >= 4 is 23.2 Å². The molecule has 0 bridgehead atoms. The van der Waals surface area contributed by atoms with E-state index in [9.17, 15) is 13.2 Å². The Kier molecular flexibility index (Phi) is 3.87. The third kappa shape index (κ3) is 4.14. The summed E-state index contributed by atoms with van der Waals surface area (Å²) >= 11 is 4.72. The number of nitrogens with zero attached hydrogens (tertiary/aromatic N) is 3. The van der Waals surface area contributed by atoms with Crippen LogP contribution in [-0.4, -0.2) is 34.7 Å². The quantitative estimate of drug-likeness (QED) is 0.837. The highest BCUT2D eigenvalue weighted by Crippen LogP contribution is 2.18. The minimum atomic E-state index is -4.31. The second kappa shape index (κ2) is 4.82. The second-order valence-corrected chi connectivity index (χ2v) is 3.97. The lowest BCUT2D eigenvalue weighted by atomic mass is 10.3. The molecule has 0 atom stereocenters. The van der Waals surface area contributed by atoms with Gasteiger partial charge in [0.2, 0.25) is 5.95 Å². The summed E-state index contributed by atoms with van der Waals surface area (Å²) < 4.78 is 36.6. The first-order valence-electron chi connectivity index (χ1n) is 4.62. The van der Waals surface area contributed by atoms with E-state index in [1.54, 1.807) is 6.92 Å². The number of alkyl halides is 3. The number of anilines is 1. The molecule has 0 aliphatic carbocycles. The summed E-state index contributed by atoms with van der Waals surface area (Å²) in [5.41, 5.74) is 6.15. The molecule has 0 aromatic carbocycles. The molecule has 1 heterocycles. The van der Waals surface area contributed by atoms with E-state index in [1.165, 1.54) is 13.1 Å². The van der Waals surface area contributed by atoms with Crippen molar-refractivity contribution in [2.24, 2.45) is 5.73 Å². The zero-order chi connectivity index (χ0) is 13.2. The number of thiocarbonyl (C=S) groups is 1. The maximum absolute atomic E-state index is 12.2. The van der Waals surface area contributed by atoms with Gasteiger partial charge in [0.05, 0.1) is 0 Å². The van der Waals surface area contributed by atoms with E-state index < -0.39 is 12.7 Å². The minimum Gasteiger partial charge on any atom is -0.388 e. The minimum absolute atomic E-state index is 0.0251. The number of nitrogens with two attached hydrogens (primary N) is 1. The van der Waals surface area contributed by atoms with E-state index in [4.69, 9.17) is 18.0 Å². The molecule has 1 aromatic heterocycles. The average Bonchev–Trinajstić information content (AvgIpc) is 2.13. The van der Waals surface area contributed by atoms with Gasteiger partial charge in [-0.1, -0.05) is 12.2 Å². The van der Waals surface area contributed by atoms with Crippen LogP contribution >= 0.6 is 12.2 Å². The van der Waals surface area contributed by atoms with Gasteiger partial charge in [0.15, 0.2) is 0 Å². The first-order chi connectivity index (χ1) is 7.69. The summed E-state index contributed by atoms with van der Waals surface area (Å²) in [5.74, 6) is -0.0508. The molecule has 1 aromatic rings. The SMILES string of the molecule is Cc1cc(C(N)=S)nc(N(C)CC(F)(F)F)n1. The average molecular weight is 264 g/mol. The number of hydrogen-bond acceptors (Lipinski definition) is 4. The second-order valence-electron chi connectivity index (χ2n) is 3.53. The van der Waals surface area contributed by atoms with Crippen molar-refractivity contribution in [1.29, 1.82) is 0 Å². The largest absolute Gasteiger partial charge is 0.406 e. The molecule has 0 amide bonds. The van der Waals surface area contributed by atoms with Gasteiger partial charge in [-0.15, -0.1) is 0 Å². The van der Waals surface area contributed by atoms with Gasteiger partial charge in [-0.3, -0.25) is 0 Å². The predicted octanol–water partition coefficient (Wildman–Crippen LogP) is 1.42. The van der Waals surface area contributed by atoms with Crippen molar-refractivity contribution in [1.82, 2.24) is 9.97 Å². The van der Waals surface area contributed by atoms with E-state index in [0.29, 0.717) is 5.69 Å². The third-order valence-electron chi connectivity index (χ3n) is 1.85. The van der Waals surface area contributed by atoms with Gasteiger partial charge in [-0.05, 0) is 13.0 Å². The monoisotopic (exact) mass is 264 g/mol. The molecule has 0 saturated carbocycles. The van der Waals surface area contributed by atoms with Crippen LogP contribution in [0.1, 0.15) is 11.4 Å². The number of hydrogen-bond donors (Lipinski definition) is 1. The number of aromatic nitrogens is 2. The first-order valence-corrected chi connectivity index (χ1v) is 5.03. The topological polar surface area (TPSA) is 55.0 Å². The normalized spacial score (nSPS) is 11.4. The van der Waals surface area contributed by atoms with E-state index in [0.717, 1.165) is 4.90 Å². The van der Waals surface area contributed by atoms with Gasteiger partial charge in [-0.25, -0.2) is 9.97 Å². The molecule has 0 aliphatic heterocycles.